The summed E-state index contributed by atoms with van der Waals surface area (Å²) < 4.78 is 11.0. The molecular weight excluding hydrogens is 204 g/mol. The summed E-state index contributed by atoms with van der Waals surface area (Å²) in [5.74, 6) is 1.43. The first kappa shape index (κ1) is 12.3. The molecule has 0 saturated carbocycles. The van der Waals surface area contributed by atoms with E-state index < -0.39 is 0 Å². The maximum atomic E-state index is 5.75. The van der Waals surface area contributed by atoms with Crippen LogP contribution in [0.3, 0.4) is 0 Å². The minimum absolute atomic E-state index is 0.143. The molecule has 1 unspecified atom stereocenters. The van der Waals surface area contributed by atoms with Gasteiger partial charge in [-0.25, -0.2) is 0 Å². The van der Waals surface area contributed by atoms with E-state index in [1.165, 1.54) is 11.1 Å². The molecular formula is C12H20O2Si. The average Bonchev–Trinajstić information content (AvgIpc) is 2.17. The van der Waals surface area contributed by atoms with Crippen LogP contribution in [0.25, 0.3) is 0 Å². The highest BCUT2D eigenvalue weighted by Gasteiger charge is 2.12. The third-order valence-electron chi connectivity index (χ3n) is 2.49. The molecule has 2 nitrogen and oxygen atoms in total. The fourth-order valence-electron chi connectivity index (χ4n) is 1.72. The van der Waals surface area contributed by atoms with Crippen molar-refractivity contribution in [2.24, 2.45) is 0 Å². The van der Waals surface area contributed by atoms with Gasteiger partial charge in [0.25, 0.3) is 0 Å². The van der Waals surface area contributed by atoms with Gasteiger partial charge < -0.3 is 9.16 Å². The highest BCUT2D eigenvalue weighted by molar-refractivity contribution is 5.98. The van der Waals surface area contributed by atoms with Gasteiger partial charge in [0, 0.05) is 0 Å². The maximum Gasteiger partial charge on any atom is 0.187 e. The summed E-state index contributed by atoms with van der Waals surface area (Å²) in [7, 11) is 0.701. The lowest BCUT2D eigenvalue weighted by Crippen LogP contribution is -2.16. The van der Waals surface area contributed by atoms with Crippen LogP contribution in [0.1, 0.15) is 37.8 Å². The average molecular weight is 224 g/mol. The first-order valence-electron chi connectivity index (χ1n) is 5.35. The second-order valence-electron chi connectivity index (χ2n) is 4.06. The lowest BCUT2D eigenvalue weighted by atomic mass is 9.97. The lowest BCUT2D eigenvalue weighted by Gasteiger charge is -2.19. The highest BCUT2D eigenvalue weighted by Crippen LogP contribution is 2.30. The van der Waals surface area contributed by atoms with Crippen LogP contribution >= 0.6 is 0 Å². The molecule has 0 radical (unpaired) electrons. The van der Waals surface area contributed by atoms with Crippen LogP contribution in [-0.4, -0.2) is 16.8 Å². The Balaban J connectivity index is 3.00. The number of rotatable bonds is 4. The molecule has 0 aliphatic rings. The van der Waals surface area contributed by atoms with E-state index >= 15 is 0 Å². The zero-order chi connectivity index (χ0) is 11.4. The predicted molar refractivity (Wildman–Crippen MR) is 66.4 cm³/mol. The van der Waals surface area contributed by atoms with Crippen LogP contribution in [0.2, 0.25) is 0 Å². The van der Waals surface area contributed by atoms with Gasteiger partial charge in [-0.15, -0.1) is 0 Å². The summed E-state index contributed by atoms with van der Waals surface area (Å²) in [6, 6.07) is 6.16. The Bertz CT molecular complexity index is 323. The molecule has 1 aromatic rings. The largest absolute Gasteiger partial charge is 0.466 e. The van der Waals surface area contributed by atoms with Crippen molar-refractivity contribution in [3.63, 3.8) is 0 Å². The van der Waals surface area contributed by atoms with E-state index in [0.29, 0.717) is 16.4 Å². The van der Waals surface area contributed by atoms with Crippen LogP contribution in [0, 0.1) is 6.92 Å². The Morgan fingerprint density at radius 2 is 1.87 bits per heavy atom. The van der Waals surface area contributed by atoms with E-state index in [0.717, 1.165) is 5.75 Å². The Hall–Kier alpha value is -0.803. The van der Waals surface area contributed by atoms with Gasteiger partial charge >= 0.3 is 0 Å². The van der Waals surface area contributed by atoms with Gasteiger partial charge in [-0.3, -0.25) is 0 Å². The SMILES string of the molecule is Cc1cccc(OC(C)O[SiH3])c1C(C)C. The second kappa shape index (κ2) is 5.33. The third-order valence-corrected chi connectivity index (χ3v) is 3.15. The van der Waals surface area contributed by atoms with Gasteiger partial charge in [0.15, 0.2) is 16.8 Å². The first-order chi connectivity index (χ1) is 7.06. The number of aryl methyl sites for hydroxylation is 1. The molecule has 84 valence electrons. The number of hydrogen-bond donors (Lipinski definition) is 0. The zero-order valence-corrected chi connectivity index (χ0v) is 12.2. The van der Waals surface area contributed by atoms with Crippen LogP contribution in [0.15, 0.2) is 18.2 Å². The maximum absolute atomic E-state index is 5.75. The Labute approximate surface area is 95.1 Å². The Kier molecular flexibility index (Phi) is 4.36. The van der Waals surface area contributed by atoms with Gasteiger partial charge in [-0.1, -0.05) is 26.0 Å². The summed E-state index contributed by atoms with van der Waals surface area (Å²) in [4.78, 5) is 0. The van der Waals surface area contributed by atoms with E-state index in [9.17, 15) is 0 Å². The van der Waals surface area contributed by atoms with Crippen molar-refractivity contribution < 1.29 is 9.16 Å². The van der Waals surface area contributed by atoms with Crippen LogP contribution in [-0.2, 0) is 4.43 Å². The number of benzene rings is 1. The van der Waals surface area contributed by atoms with Gasteiger partial charge in [0.05, 0.1) is 0 Å². The van der Waals surface area contributed by atoms with Crippen molar-refractivity contribution in [1.82, 2.24) is 0 Å². The van der Waals surface area contributed by atoms with Crippen molar-refractivity contribution in [1.29, 1.82) is 0 Å². The van der Waals surface area contributed by atoms with E-state index in [1.54, 1.807) is 0 Å². The summed E-state index contributed by atoms with van der Waals surface area (Å²) in [5, 5.41) is 0. The van der Waals surface area contributed by atoms with Crippen LogP contribution in [0.5, 0.6) is 5.75 Å². The minimum atomic E-state index is -0.143. The molecule has 0 aromatic heterocycles. The molecule has 1 rings (SSSR count). The molecule has 0 spiro atoms. The number of ether oxygens (including phenoxy) is 1. The fourth-order valence-corrected chi connectivity index (χ4v) is 1.82. The number of hydrogen-bond acceptors (Lipinski definition) is 2. The van der Waals surface area contributed by atoms with Gasteiger partial charge in [0.2, 0.25) is 0 Å². The molecule has 0 N–H and O–H groups in total. The molecule has 0 aliphatic carbocycles. The van der Waals surface area contributed by atoms with Gasteiger partial charge in [-0.05, 0) is 37.0 Å². The summed E-state index contributed by atoms with van der Waals surface area (Å²) in [5.41, 5.74) is 2.56. The standard InChI is InChI=1S/C12H20O2Si/c1-8(2)12-9(3)6-5-7-11(12)13-10(4)14-15/h5-8,10H,1-4,15H3. The highest BCUT2D eigenvalue weighted by atomic mass is 28.2. The van der Waals surface area contributed by atoms with Crippen LogP contribution < -0.4 is 4.74 Å². The molecule has 0 amide bonds. The van der Waals surface area contributed by atoms with E-state index in [-0.39, 0.29) is 6.29 Å². The van der Waals surface area contributed by atoms with Crippen molar-refractivity contribution in [2.45, 2.75) is 39.9 Å². The molecule has 15 heavy (non-hydrogen) atoms. The minimum Gasteiger partial charge on any atom is -0.466 e. The quantitative estimate of drug-likeness (QED) is 0.576. The molecule has 0 heterocycles. The predicted octanol–water partition coefficient (Wildman–Crippen LogP) is 2.14. The lowest BCUT2D eigenvalue weighted by molar-refractivity contribution is 0.0286. The van der Waals surface area contributed by atoms with E-state index in [4.69, 9.17) is 9.16 Å². The molecule has 1 atom stereocenters. The molecule has 0 saturated heterocycles. The van der Waals surface area contributed by atoms with Crippen molar-refractivity contribution in [3.05, 3.63) is 29.3 Å². The van der Waals surface area contributed by atoms with E-state index in [2.05, 4.69) is 26.8 Å². The van der Waals surface area contributed by atoms with Crippen LogP contribution in [0.4, 0.5) is 0 Å². The molecule has 0 fully saturated rings. The van der Waals surface area contributed by atoms with Gasteiger partial charge in [0.1, 0.15) is 5.75 Å². The Morgan fingerprint density at radius 3 is 2.40 bits per heavy atom. The summed E-state index contributed by atoms with van der Waals surface area (Å²) in [6.45, 7) is 8.41. The first-order valence-corrected chi connectivity index (χ1v) is 6.17. The fraction of sp³-hybridized carbons (Fsp3) is 0.500. The topological polar surface area (TPSA) is 18.5 Å². The monoisotopic (exact) mass is 224 g/mol. The van der Waals surface area contributed by atoms with E-state index in [1.807, 2.05) is 19.1 Å². The zero-order valence-electron chi connectivity index (χ0n) is 10.2. The summed E-state index contributed by atoms with van der Waals surface area (Å²) in [6.07, 6.45) is -0.143. The normalized spacial score (nSPS) is 13.1. The third kappa shape index (κ3) is 3.07. The summed E-state index contributed by atoms with van der Waals surface area (Å²) >= 11 is 0. The molecule has 0 bridgehead atoms. The second-order valence-corrected chi connectivity index (χ2v) is 4.53. The van der Waals surface area contributed by atoms with Crippen molar-refractivity contribution in [2.75, 3.05) is 0 Å². The van der Waals surface area contributed by atoms with Crippen molar-refractivity contribution in [3.8, 4) is 5.75 Å². The molecule has 1 aromatic carbocycles. The van der Waals surface area contributed by atoms with Crippen molar-refractivity contribution >= 4 is 10.5 Å². The smallest absolute Gasteiger partial charge is 0.187 e. The molecule has 3 heteroatoms. The Morgan fingerprint density at radius 1 is 1.20 bits per heavy atom. The van der Waals surface area contributed by atoms with Gasteiger partial charge in [-0.2, -0.15) is 0 Å². The molecule has 0 aliphatic heterocycles.